The van der Waals surface area contributed by atoms with Crippen LogP contribution in [0.2, 0.25) is 0 Å². The van der Waals surface area contributed by atoms with Crippen LogP contribution in [0, 0.1) is 6.92 Å². The van der Waals surface area contributed by atoms with Crippen molar-refractivity contribution in [2.75, 3.05) is 25.5 Å². The van der Waals surface area contributed by atoms with Crippen molar-refractivity contribution in [1.82, 2.24) is 4.90 Å². The molecule has 0 saturated carbocycles. The van der Waals surface area contributed by atoms with Gasteiger partial charge in [-0.05, 0) is 49.1 Å². The molecule has 0 radical (unpaired) electrons. The second-order valence-electron chi connectivity index (χ2n) is 6.58. The number of ether oxygens (including phenoxy) is 1. The maximum absolute atomic E-state index is 12.2. The molecule has 5 nitrogen and oxygen atoms in total. The monoisotopic (exact) mass is 368 g/mol. The third kappa shape index (κ3) is 6.77. The molecule has 0 atom stereocenters. The maximum Gasteiger partial charge on any atom is 0.243 e. The number of anilines is 1. The molecule has 2 aromatic carbocycles. The molecule has 2 aromatic rings. The van der Waals surface area contributed by atoms with Gasteiger partial charge in [0.15, 0.2) is 0 Å². The van der Waals surface area contributed by atoms with Gasteiger partial charge in [-0.25, -0.2) is 0 Å². The summed E-state index contributed by atoms with van der Waals surface area (Å²) in [4.78, 5) is 25.9. The Hall–Kier alpha value is -2.82. The standard InChI is InChI=1S/C22H28N2O3/c1-4-18-10-5-6-12-20(18)23-21(25)16-24(3)22(26)13-8-14-27-19-11-7-9-17(2)15-19/h5-7,9-12,15H,4,8,13-14,16H2,1-3H3,(H,23,25). The van der Waals surface area contributed by atoms with E-state index in [0.29, 0.717) is 19.4 Å². The van der Waals surface area contributed by atoms with Crippen molar-refractivity contribution in [1.29, 1.82) is 0 Å². The lowest BCUT2D eigenvalue weighted by Gasteiger charge is -2.17. The van der Waals surface area contributed by atoms with Gasteiger partial charge in [0.25, 0.3) is 0 Å². The average Bonchev–Trinajstić information content (AvgIpc) is 2.65. The molecule has 0 aromatic heterocycles. The van der Waals surface area contributed by atoms with Crippen molar-refractivity contribution in [3.63, 3.8) is 0 Å². The van der Waals surface area contributed by atoms with Gasteiger partial charge < -0.3 is 15.0 Å². The van der Waals surface area contributed by atoms with Gasteiger partial charge in [-0.2, -0.15) is 0 Å². The van der Waals surface area contributed by atoms with Crippen LogP contribution in [-0.4, -0.2) is 36.9 Å². The summed E-state index contributed by atoms with van der Waals surface area (Å²) in [6, 6.07) is 15.5. The third-order valence-electron chi connectivity index (χ3n) is 4.27. The minimum Gasteiger partial charge on any atom is -0.494 e. The van der Waals surface area contributed by atoms with Crippen molar-refractivity contribution < 1.29 is 14.3 Å². The van der Waals surface area contributed by atoms with E-state index in [4.69, 9.17) is 4.74 Å². The molecule has 1 N–H and O–H groups in total. The number of para-hydroxylation sites is 1. The first-order chi connectivity index (χ1) is 13.0. The normalized spacial score (nSPS) is 10.3. The lowest BCUT2D eigenvalue weighted by Crippen LogP contribution is -2.35. The van der Waals surface area contributed by atoms with E-state index in [1.165, 1.54) is 4.90 Å². The summed E-state index contributed by atoms with van der Waals surface area (Å²) in [5.41, 5.74) is 3.02. The lowest BCUT2D eigenvalue weighted by molar-refractivity contribution is -0.133. The van der Waals surface area contributed by atoms with Crippen LogP contribution in [0.3, 0.4) is 0 Å². The molecule has 2 amide bonds. The Morgan fingerprint density at radius 2 is 1.89 bits per heavy atom. The number of likely N-dealkylation sites (N-methyl/N-ethyl adjacent to an activating group) is 1. The van der Waals surface area contributed by atoms with E-state index in [-0.39, 0.29) is 18.4 Å². The highest BCUT2D eigenvalue weighted by atomic mass is 16.5. The Morgan fingerprint density at radius 3 is 2.63 bits per heavy atom. The van der Waals surface area contributed by atoms with Gasteiger partial charge in [0.2, 0.25) is 11.8 Å². The molecule has 0 fully saturated rings. The van der Waals surface area contributed by atoms with E-state index >= 15 is 0 Å². The van der Waals surface area contributed by atoms with Crippen LogP contribution in [0.4, 0.5) is 5.69 Å². The predicted octanol–water partition coefficient (Wildman–Crippen LogP) is 3.81. The fourth-order valence-corrected chi connectivity index (χ4v) is 2.75. The average molecular weight is 368 g/mol. The second-order valence-corrected chi connectivity index (χ2v) is 6.58. The number of amides is 2. The Balaban J connectivity index is 1.72. The SMILES string of the molecule is CCc1ccccc1NC(=O)CN(C)C(=O)CCCOc1cccc(C)c1. The van der Waals surface area contributed by atoms with E-state index in [1.807, 2.05) is 62.4 Å². The number of hydrogen-bond donors (Lipinski definition) is 1. The van der Waals surface area contributed by atoms with Crippen LogP contribution in [0.5, 0.6) is 5.75 Å². The highest BCUT2D eigenvalue weighted by molar-refractivity contribution is 5.95. The van der Waals surface area contributed by atoms with Gasteiger partial charge in [-0.15, -0.1) is 0 Å². The number of carbonyl (C=O) groups excluding carboxylic acids is 2. The van der Waals surface area contributed by atoms with Gasteiger partial charge in [-0.3, -0.25) is 9.59 Å². The topological polar surface area (TPSA) is 58.6 Å². The molecule has 2 rings (SSSR count). The zero-order valence-electron chi connectivity index (χ0n) is 16.3. The van der Waals surface area contributed by atoms with Gasteiger partial charge in [-0.1, -0.05) is 37.3 Å². The highest BCUT2D eigenvalue weighted by Crippen LogP contribution is 2.15. The van der Waals surface area contributed by atoms with E-state index in [0.717, 1.165) is 29.0 Å². The smallest absolute Gasteiger partial charge is 0.243 e. The Labute approximate surface area is 161 Å². The van der Waals surface area contributed by atoms with Gasteiger partial charge in [0.05, 0.1) is 13.2 Å². The Morgan fingerprint density at radius 1 is 1.11 bits per heavy atom. The van der Waals surface area contributed by atoms with Crippen LogP contribution in [0.1, 0.15) is 30.9 Å². The molecule has 0 saturated heterocycles. The van der Waals surface area contributed by atoms with Crippen molar-refractivity contribution in [3.05, 3.63) is 59.7 Å². The molecule has 0 aliphatic rings. The molecule has 0 unspecified atom stereocenters. The number of nitrogens with one attached hydrogen (secondary N) is 1. The summed E-state index contributed by atoms with van der Waals surface area (Å²) in [7, 11) is 1.65. The number of benzene rings is 2. The predicted molar refractivity (Wildman–Crippen MR) is 108 cm³/mol. The summed E-state index contributed by atoms with van der Waals surface area (Å²) >= 11 is 0. The van der Waals surface area contributed by atoms with Gasteiger partial charge in [0, 0.05) is 19.2 Å². The van der Waals surface area contributed by atoms with Gasteiger partial charge in [0.1, 0.15) is 5.75 Å². The number of rotatable bonds is 9. The van der Waals surface area contributed by atoms with Crippen LogP contribution >= 0.6 is 0 Å². The van der Waals surface area contributed by atoms with Gasteiger partial charge >= 0.3 is 0 Å². The zero-order chi connectivity index (χ0) is 19.6. The first-order valence-electron chi connectivity index (χ1n) is 9.30. The minimum atomic E-state index is -0.192. The molecule has 0 bridgehead atoms. The van der Waals surface area contributed by atoms with Crippen LogP contribution < -0.4 is 10.1 Å². The fraction of sp³-hybridized carbons (Fsp3) is 0.364. The maximum atomic E-state index is 12.2. The van der Waals surface area contributed by atoms with Crippen molar-refractivity contribution in [2.45, 2.75) is 33.1 Å². The molecule has 0 heterocycles. The Bertz CT molecular complexity index is 774. The summed E-state index contributed by atoms with van der Waals surface area (Å²) in [6.45, 7) is 4.56. The first kappa shape index (κ1) is 20.5. The molecular formula is C22H28N2O3. The van der Waals surface area contributed by atoms with Crippen molar-refractivity contribution >= 4 is 17.5 Å². The lowest BCUT2D eigenvalue weighted by atomic mass is 10.1. The van der Waals surface area contributed by atoms with E-state index < -0.39 is 0 Å². The minimum absolute atomic E-state index is 0.0373. The third-order valence-corrected chi connectivity index (χ3v) is 4.27. The summed E-state index contributed by atoms with van der Waals surface area (Å²) < 4.78 is 5.65. The first-order valence-corrected chi connectivity index (χ1v) is 9.30. The molecule has 144 valence electrons. The second kappa shape index (κ2) is 10.4. The molecule has 0 aliphatic carbocycles. The fourth-order valence-electron chi connectivity index (χ4n) is 2.75. The molecular weight excluding hydrogens is 340 g/mol. The quantitative estimate of drug-likeness (QED) is 0.685. The molecule has 0 aliphatic heterocycles. The largest absolute Gasteiger partial charge is 0.494 e. The van der Waals surface area contributed by atoms with Crippen LogP contribution in [-0.2, 0) is 16.0 Å². The number of aryl methyl sites for hydroxylation is 2. The van der Waals surface area contributed by atoms with E-state index in [1.54, 1.807) is 7.05 Å². The van der Waals surface area contributed by atoms with E-state index in [2.05, 4.69) is 5.32 Å². The number of carbonyl (C=O) groups is 2. The van der Waals surface area contributed by atoms with Crippen LogP contribution in [0.15, 0.2) is 48.5 Å². The molecule has 5 heteroatoms. The molecule has 0 spiro atoms. The van der Waals surface area contributed by atoms with Crippen LogP contribution in [0.25, 0.3) is 0 Å². The number of nitrogens with zero attached hydrogens (tertiary/aromatic N) is 1. The Kier molecular flexibility index (Phi) is 7.86. The summed E-state index contributed by atoms with van der Waals surface area (Å²) in [5, 5.41) is 2.88. The summed E-state index contributed by atoms with van der Waals surface area (Å²) in [5.74, 6) is 0.550. The number of hydrogen-bond acceptors (Lipinski definition) is 3. The van der Waals surface area contributed by atoms with E-state index in [9.17, 15) is 9.59 Å². The van der Waals surface area contributed by atoms with Crippen molar-refractivity contribution in [3.8, 4) is 5.75 Å². The van der Waals surface area contributed by atoms with Crippen molar-refractivity contribution in [2.24, 2.45) is 0 Å². The summed E-state index contributed by atoms with van der Waals surface area (Å²) in [6.07, 6.45) is 1.80. The molecule has 27 heavy (non-hydrogen) atoms. The zero-order valence-corrected chi connectivity index (χ0v) is 16.3. The highest BCUT2D eigenvalue weighted by Gasteiger charge is 2.13.